The Morgan fingerprint density at radius 2 is 2.17 bits per heavy atom. The maximum absolute atomic E-state index is 11.2. The summed E-state index contributed by atoms with van der Waals surface area (Å²) in [6.07, 6.45) is 7.61. The van der Waals surface area contributed by atoms with Crippen molar-refractivity contribution in [2.75, 3.05) is 25.1 Å². The van der Waals surface area contributed by atoms with Crippen molar-refractivity contribution >= 4 is 39.8 Å². The number of halogens is 1. The highest BCUT2D eigenvalue weighted by Crippen LogP contribution is 2.01. The number of hydrogen-bond donors (Lipinski definition) is 2. The Bertz CT molecular complexity index is 601. The van der Waals surface area contributed by atoms with Crippen LogP contribution in [0.25, 0.3) is 0 Å². The van der Waals surface area contributed by atoms with E-state index in [-0.39, 0.29) is 35.8 Å². The SMILES string of the molecule is CCNC(=NCCCc1cnn(C)c1)NC(C)CCS(C)(=O)=O.I. The van der Waals surface area contributed by atoms with Crippen LogP contribution in [0.5, 0.6) is 0 Å². The van der Waals surface area contributed by atoms with Crippen molar-refractivity contribution in [1.29, 1.82) is 0 Å². The molecule has 0 amide bonds. The van der Waals surface area contributed by atoms with E-state index in [0.29, 0.717) is 13.0 Å². The van der Waals surface area contributed by atoms with Crippen LogP contribution in [-0.2, 0) is 23.3 Å². The summed E-state index contributed by atoms with van der Waals surface area (Å²) in [5.41, 5.74) is 1.21. The van der Waals surface area contributed by atoms with Crippen LogP contribution in [-0.4, -0.2) is 55.3 Å². The molecule has 0 aliphatic rings. The fraction of sp³-hybridized carbons (Fsp3) is 0.733. The summed E-state index contributed by atoms with van der Waals surface area (Å²) in [6, 6.07) is 0.0563. The molecule has 0 bridgehead atoms. The Labute approximate surface area is 162 Å². The summed E-state index contributed by atoms with van der Waals surface area (Å²) >= 11 is 0. The first-order valence-electron chi connectivity index (χ1n) is 8.00. The predicted molar refractivity (Wildman–Crippen MR) is 110 cm³/mol. The summed E-state index contributed by atoms with van der Waals surface area (Å²) in [7, 11) is -1.02. The van der Waals surface area contributed by atoms with Crippen molar-refractivity contribution < 1.29 is 8.42 Å². The molecule has 0 spiro atoms. The lowest BCUT2D eigenvalue weighted by molar-refractivity contribution is 0.581. The van der Waals surface area contributed by atoms with Gasteiger partial charge in [-0.1, -0.05) is 0 Å². The molecule has 140 valence electrons. The molecular weight excluding hydrogens is 441 g/mol. The van der Waals surface area contributed by atoms with Gasteiger partial charge in [-0.05, 0) is 38.7 Å². The Balaban J connectivity index is 0.00000529. The number of nitrogens with zero attached hydrogens (tertiary/aromatic N) is 3. The van der Waals surface area contributed by atoms with E-state index in [4.69, 9.17) is 0 Å². The number of aliphatic imine (C=N–C) groups is 1. The summed E-state index contributed by atoms with van der Waals surface area (Å²) < 4.78 is 24.2. The van der Waals surface area contributed by atoms with Crippen molar-refractivity contribution in [2.45, 2.75) is 39.2 Å². The summed E-state index contributed by atoms with van der Waals surface area (Å²) in [6.45, 7) is 5.46. The minimum Gasteiger partial charge on any atom is -0.357 e. The third kappa shape index (κ3) is 10.8. The molecule has 2 N–H and O–H groups in total. The van der Waals surface area contributed by atoms with Crippen molar-refractivity contribution in [1.82, 2.24) is 20.4 Å². The van der Waals surface area contributed by atoms with E-state index < -0.39 is 9.84 Å². The average Bonchev–Trinajstić information content (AvgIpc) is 2.86. The van der Waals surface area contributed by atoms with Gasteiger partial charge in [0.05, 0.1) is 11.9 Å². The number of nitrogens with one attached hydrogen (secondary N) is 2. The van der Waals surface area contributed by atoms with Gasteiger partial charge >= 0.3 is 0 Å². The topological polar surface area (TPSA) is 88.4 Å². The van der Waals surface area contributed by atoms with Crippen LogP contribution in [0.4, 0.5) is 0 Å². The van der Waals surface area contributed by atoms with E-state index in [1.165, 1.54) is 11.8 Å². The average molecular weight is 471 g/mol. The van der Waals surface area contributed by atoms with E-state index in [9.17, 15) is 8.42 Å². The van der Waals surface area contributed by atoms with Crippen molar-refractivity contribution in [2.24, 2.45) is 12.0 Å². The first kappa shape index (κ1) is 23.2. The quantitative estimate of drug-likeness (QED) is 0.246. The number of aromatic nitrogens is 2. The highest BCUT2D eigenvalue weighted by molar-refractivity contribution is 14.0. The van der Waals surface area contributed by atoms with E-state index >= 15 is 0 Å². The fourth-order valence-electron chi connectivity index (χ4n) is 2.09. The molecule has 24 heavy (non-hydrogen) atoms. The third-order valence-corrected chi connectivity index (χ3v) is 4.28. The maximum atomic E-state index is 11.2. The van der Waals surface area contributed by atoms with Gasteiger partial charge in [0.15, 0.2) is 5.96 Å². The molecule has 1 aromatic heterocycles. The van der Waals surface area contributed by atoms with Gasteiger partial charge in [0.25, 0.3) is 0 Å². The predicted octanol–water partition coefficient (Wildman–Crippen LogP) is 1.35. The zero-order valence-corrected chi connectivity index (χ0v) is 18.1. The third-order valence-electron chi connectivity index (χ3n) is 3.30. The molecule has 1 aromatic rings. The molecule has 7 nitrogen and oxygen atoms in total. The summed E-state index contributed by atoms with van der Waals surface area (Å²) in [4.78, 5) is 4.54. The second-order valence-corrected chi connectivity index (χ2v) is 8.11. The largest absolute Gasteiger partial charge is 0.357 e. The van der Waals surface area contributed by atoms with Crippen molar-refractivity contribution in [3.8, 4) is 0 Å². The molecule has 1 rings (SSSR count). The van der Waals surface area contributed by atoms with Gasteiger partial charge < -0.3 is 10.6 Å². The lowest BCUT2D eigenvalue weighted by atomic mass is 10.2. The molecule has 0 saturated heterocycles. The standard InChI is InChI=1S/C15H29N5O2S.HI/c1-5-16-15(19-13(2)8-10-23(4,21)22)17-9-6-7-14-11-18-20(3)12-14;/h11-13H,5-10H2,1-4H3,(H2,16,17,19);1H. The van der Waals surface area contributed by atoms with Gasteiger partial charge in [-0.15, -0.1) is 24.0 Å². The second kappa shape index (κ2) is 11.7. The first-order chi connectivity index (χ1) is 10.8. The van der Waals surface area contributed by atoms with Crippen LogP contribution in [0.1, 0.15) is 32.3 Å². The number of rotatable bonds is 9. The van der Waals surface area contributed by atoms with Gasteiger partial charge in [0, 0.05) is 38.6 Å². The van der Waals surface area contributed by atoms with Crippen molar-refractivity contribution in [3.05, 3.63) is 18.0 Å². The van der Waals surface area contributed by atoms with E-state index in [1.807, 2.05) is 33.3 Å². The highest BCUT2D eigenvalue weighted by atomic mass is 127. The molecular formula is C15H30IN5O2S. The Kier molecular flexibility index (Phi) is 11.3. The number of sulfone groups is 1. The molecule has 0 saturated carbocycles. The summed E-state index contributed by atoms with van der Waals surface area (Å²) in [5.74, 6) is 0.918. The Morgan fingerprint density at radius 1 is 1.46 bits per heavy atom. The van der Waals surface area contributed by atoms with Gasteiger partial charge in [-0.3, -0.25) is 9.67 Å². The monoisotopic (exact) mass is 471 g/mol. The lowest BCUT2D eigenvalue weighted by Gasteiger charge is -2.17. The molecule has 9 heteroatoms. The summed E-state index contributed by atoms with van der Waals surface area (Å²) in [5, 5.41) is 10.6. The van der Waals surface area contributed by atoms with Crippen molar-refractivity contribution in [3.63, 3.8) is 0 Å². The molecule has 1 heterocycles. The van der Waals surface area contributed by atoms with Gasteiger partial charge in [0.1, 0.15) is 9.84 Å². The fourth-order valence-corrected chi connectivity index (χ4v) is 2.87. The zero-order valence-electron chi connectivity index (χ0n) is 14.9. The van der Waals surface area contributed by atoms with Crippen LogP contribution < -0.4 is 10.6 Å². The second-order valence-electron chi connectivity index (χ2n) is 5.85. The smallest absolute Gasteiger partial charge is 0.191 e. The maximum Gasteiger partial charge on any atom is 0.191 e. The molecule has 0 aliphatic carbocycles. The molecule has 0 radical (unpaired) electrons. The molecule has 0 aromatic carbocycles. The molecule has 0 aliphatic heterocycles. The Hall–Kier alpha value is -0.840. The highest BCUT2D eigenvalue weighted by Gasteiger charge is 2.09. The van der Waals surface area contributed by atoms with E-state index in [1.54, 1.807) is 4.68 Å². The normalized spacial score (nSPS) is 13.2. The van der Waals surface area contributed by atoms with Crippen LogP contribution >= 0.6 is 24.0 Å². The Morgan fingerprint density at radius 3 is 2.71 bits per heavy atom. The molecule has 0 fully saturated rings. The van der Waals surface area contributed by atoms with E-state index in [2.05, 4.69) is 20.7 Å². The minimum atomic E-state index is -2.93. The van der Waals surface area contributed by atoms with Crippen LogP contribution in [0.3, 0.4) is 0 Å². The van der Waals surface area contributed by atoms with Gasteiger partial charge in [-0.2, -0.15) is 5.10 Å². The number of hydrogen-bond acceptors (Lipinski definition) is 4. The minimum absolute atomic E-state index is 0. The number of aryl methyl sites for hydroxylation is 2. The van der Waals surface area contributed by atoms with Crippen LogP contribution in [0.15, 0.2) is 17.4 Å². The molecule has 1 unspecified atom stereocenters. The molecule has 1 atom stereocenters. The lowest BCUT2D eigenvalue weighted by Crippen LogP contribution is -2.42. The van der Waals surface area contributed by atoms with Gasteiger partial charge in [-0.25, -0.2) is 8.42 Å². The number of guanidine groups is 1. The van der Waals surface area contributed by atoms with Gasteiger partial charge in [0.2, 0.25) is 0 Å². The van der Waals surface area contributed by atoms with Crippen LogP contribution in [0, 0.1) is 0 Å². The van der Waals surface area contributed by atoms with Crippen LogP contribution in [0.2, 0.25) is 0 Å². The van der Waals surface area contributed by atoms with E-state index in [0.717, 1.165) is 25.3 Å². The first-order valence-corrected chi connectivity index (χ1v) is 10.1. The zero-order chi connectivity index (χ0) is 17.3.